The minimum atomic E-state index is -5.57. The fraction of sp³-hybridized carbons (Fsp3) is 0.306. The molecule has 0 amide bonds. The Morgan fingerprint density at radius 1 is 0.617 bits per heavy atom. The van der Waals surface area contributed by atoms with Gasteiger partial charge in [-0.3, -0.25) is 36.3 Å². The molecule has 3 atom stereocenters. The molecule has 4 rings (SSSR count). The summed E-state index contributed by atoms with van der Waals surface area (Å²) in [7, 11) is -4.71. The summed E-state index contributed by atoms with van der Waals surface area (Å²) in [5, 5.41) is 0. The quantitative estimate of drug-likeness (QED) is 0.0659. The van der Waals surface area contributed by atoms with Crippen molar-refractivity contribution in [2.75, 3.05) is 32.1 Å². The van der Waals surface area contributed by atoms with Crippen LogP contribution in [0.15, 0.2) is 103 Å². The van der Waals surface area contributed by atoms with Crippen molar-refractivity contribution in [2.24, 2.45) is 0 Å². The number of halogens is 3. The highest BCUT2D eigenvalue weighted by Crippen LogP contribution is 2.27. The molecule has 24 heteroatoms. The van der Waals surface area contributed by atoms with Crippen LogP contribution in [0.1, 0.15) is 53.4 Å². The van der Waals surface area contributed by atoms with E-state index >= 15 is 0 Å². The molecule has 0 aliphatic heterocycles. The highest BCUT2D eigenvalue weighted by atomic mass is 32.2. The van der Waals surface area contributed by atoms with E-state index in [1.165, 1.54) is 56.5 Å². The summed E-state index contributed by atoms with van der Waals surface area (Å²) in [6, 6.07) is 29.9. The molecule has 0 aromatic heterocycles. The number of hydrogen-bond donors (Lipinski definition) is 4. The van der Waals surface area contributed by atoms with Gasteiger partial charge in [0.1, 0.15) is 5.75 Å². The van der Waals surface area contributed by atoms with E-state index in [4.69, 9.17) is 0 Å². The first-order chi connectivity index (χ1) is 27.9. The predicted molar refractivity (Wildman–Crippen MR) is 225 cm³/mol. The second kappa shape index (κ2) is 31.0. The van der Waals surface area contributed by atoms with E-state index < -0.39 is 59.4 Å². The van der Waals surface area contributed by atoms with Crippen LogP contribution in [0.2, 0.25) is 0 Å². The van der Waals surface area contributed by atoms with Gasteiger partial charge in [-0.1, -0.05) is 93.6 Å². The summed E-state index contributed by atoms with van der Waals surface area (Å²) in [6.45, 7) is 6.01. The molecular weight excluding hydrogens is 898 g/mol. The summed E-state index contributed by atoms with van der Waals surface area (Å²) in [5.41, 5.74) is -0.0187. The third-order valence-electron chi connectivity index (χ3n) is 6.62. The van der Waals surface area contributed by atoms with Crippen LogP contribution >= 0.6 is 0 Å². The summed E-state index contributed by atoms with van der Waals surface area (Å²) in [5.74, 6) is -0.259. The molecule has 60 heavy (non-hydrogen) atoms. The number of ketones is 1. The molecule has 0 aliphatic carbocycles. The van der Waals surface area contributed by atoms with Crippen LogP contribution in [0.4, 0.5) is 18.9 Å². The van der Waals surface area contributed by atoms with Crippen molar-refractivity contribution in [1.82, 2.24) is 14.2 Å². The first kappa shape index (κ1) is 58.1. The van der Waals surface area contributed by atoms with Gasteiger partial charge in [0.15, 0.2) is 5.78 Å². The maximum atomic E-state index is 12.1. The van der Waals surface area contributed by atoms with Crippen molar-refractivity contribution in [3.63, 3.8) is 0 Å². The van der Waals surface area contributed by atoms with Crippen LogP contribution in [0.3, 0.4) is 0 Å². The molecule has 0 saturated heterocycles. The predicted octanol–water partition coefficient (Wildman–Crippen LogP) is 4.58. The third-order valence-corrected chi connectivity index (χ3v) is 9.21. The first-order valence-corrected chi connectivity index (χ1v) is 23.6. The van der Waals surface area contributed by atoms with Crippen LogP contribution in [0.25, 0.3) is 0 Å². The van der Waals surface area contributed by atoms with E-state index in [1.807, 2.05) is 87.8 Å². The zero-order valence-corrected chi connectivity index (χ0v) is 37.6. The summed E-state index contributed by atoms with van der Waals surface area (Å²) in [4.78, 5) is 12.1. The Morgan fingerprint density at radius 3 is 1.35 bits per heavy atom. The second-order valence-corrected chi connectivity index (χ2v) is 16.9. The Hall–Kier alpha value is -3.95. The normalized spacial score (nSPS) is 12.2. The van der Waals surface area contributed by atoms with Crippen LogP contribution in [0, 0.1) is 0 Å². The van der Waals surface area contributed by atoms with E-state index in [9.17, 15) is 61.1 Å². The lowest BCUT2D eigenvalue weighted by Crippen LogP contribution is -2.28. The van der Waals surface area contributed by atoms with Crippen LogP contribution in [-0.4, -0.2) is 81.8 Å². The van der Waals surface area contributed by atoms with Crippen molar-refractivity contribution < 1.29 is 65.3 Å². The number of aryl methyl sites for hydroxylation is 3. The van der Waals surface area contributed by atoms with Crippen LogP contribution in [0.5, 0.6) is 5.75 Å². The molecular formula is C36H48F3N4O12S5-3. The Morgan fingerprint density at radius 2 is 1.00 bits per heavy atom. The molecule has 0 radical (unpaired) electrons. The zero-order valence-electron chi connectivity index (χ0n) is 33.5. The van der Waals surface area contributed by atoms with Gasteiger partial charge in [-0.05, 0) is 87.4 Å². The number of benzene rings is 4. The molecule has 0 spiro atoms. The lowest BCUT2D eigenvalue weighted by atomic mass is 10.0. The highest BCUT2D eigenvalue weighted by Gasteiger charge is 2.48. The third kappa shape index (κ3) is 28.5. The molecule has 0 saturated carbocycles. The average molecular weight is 946 g/mol. The van der Waals surface area contributed by atoms with Crippen molar-refractivity contribution >= 4 is 65.4 Å². The van der Waals surface area contributed by atoms with E-state index in [0.29, 0.717) is 12.1 Å². The standard InChI is InChI=1S/C15H14O.C9H9F3O3S.C9H13NO2S.3CH5NO2S/c1-2-12-7-6-10-14(11-12)15(16)13-8-4-3-5-9-13;1-2-7-3-5-8(6-4-7)15-16(13,14)9(10,11)12;1-3-8-4-6-9(7-5-8)10-13(2,11)12;3*1-2-5(3)4/h3-11H,2H2,1H3;3-6H,2H2,1H3;4-7,10H,3H2,1-2H3;3*2H,1H3,(H,3,4)/p-3. The van der Waals surface area contributed by atoms with Crippen LogP contribution in [-0.2, 0) is 73.2 Å². The Balaban J connectivity index is 0. The average Bonchev–Trinajstić information content (AvgIpc) is 3.21. The zero-order chi connectivity index (χ0) is 46.5. The fourth-order valence-electron chi connectivity index (χ4n) is 3.67. The molecule has 4 aromatic carbocycles. The van der Waals surface area contributed by atoms with E-state index in [0.717, 1.165) is 35.8 Å². The van der Waals surface area contributed by atoms with Gasteiger partial charge in [-0.2, -0.15) is 21.6 Å². The number of carbonyl (C=O) groups is 1. The summed E-state index contributed by atoms with van der Waals surface area (Å²) >= 11 is -6.22. The molecule has 3 unspecified atom stereocenters. The van der Waals surface area contributed by atoms with Gasteiger partial charge in [-0.25, -0.2) is 8.42 Å². The Kier molecular flexibility index (Phi) is 30.0. The lowest BCUT2D eigenvalue weighted by Gasteiger charge is -2.09. The van der Waals surface area contributed by atoms with Crippen molar-refractivity contribution in [3.05, 3.63) is 131 Å². The highest BCUT2D eigenvalue weighted by molar-refractivity contribution is 7.92. The maximum absolute atomic E-state index is 12.1. The van der Waals surface area contributed by atoms with Crippen LogP contribution < -0.4 is 23.1 Å². The molecule has 4 N–H and O–H groups in total. The summed E-state index contributed by atoms with van der Waals surface area (Å²) in [6.07, 6.45) is 3.75. The topological polar surface area (TPSA) is 263 Å². The van der Waals surface area contributed by atoms with Crippen molar-refractivity contribution in [3.8, 4) is 5.75 Å². The molecule has 0 heterocycles. The van der Waals surface area contributed by atoms with Gasteiger partial charge in [0.25, 0.3) is 0 Å². The minimum Gasteiger partial charge on any atom is -0.760 e. The number of nitrogens with one attached hydrogen (secondary N) is 4. The van der Waals surface area contributed by atoms with Gasteiger partial charge in [0.05, 0.1) is 6.26 Å². The molecule has 16 nitrogen and oxygen atoms in total. The second-order valence-electron chi connectivity index (χ2n) is 11.0. The summed E-state index contributed by atoms with van der Waals surface area (Å²) < 4.78 is 146. The van der Waals surface area contributed by atoms with Crippen molar-refractivity contribution in [1.29, 1.82) is 0 Å². The SMILES string of the molecule is CCc1ccc(NS(C)(=O)=O)cc1.CCc1ccc(OS(=O)(=O)C(F)(F)F)cc1.CCc1cccc(C(=O)c2ccccc2)c1.CNS(=O)[O-].CNS(=O)[O-].CNS(=O)[O-]. The maximum Gasteiger partial charge on any atom is 0.534 e. The number of hydrogen-bond acceptors (Lipinski definition) is 12. The first-order valence-electron chi connectivity index (χ1n) is 17.0. The number of sulfonamides is 1. The van der Waals surface area contributed by atoms with E-state index in [1.54, 1.807) is 12.1 Å². The van der Waals surface area contributed by atoms with E-state index in [2.05, 4.69) is 22.8 Å². The Bertz CT molecular complexity index is 2080. The van der Waals surface area contributed by atoms with E-state index in [-0.39, 0.29) is 11.5 Å². The van der Waals surface area contributed by atoms with Gasteiger partial charge >= 0.3 is 15.6 Å². The Labute approximate surface area is 357 Å². The molecule has 0 bridgehead atoms. The molecule has 0 aliphatic rings. The smallest absolute Gasteiger partial charge is 0.534 e. The van der Waals surface area contributed by atoms with Gasteiger partial charge in [0.2, 0.25) is 10.0 Å². The number of alkyl halides is 3. The largest absolute Gasteiger partial charge is 0.760 e. The minimum absolute atomic E-state index is 0.0934. The van der Waals surface area contributed by atoms with Gasteiger partial charge in [0, 0.05) is 50.6 Å². The number of carbonyl (C=O) groups excluding carboxylic acids is 1. The monoisotopic (exact) mass is 945 g/mol. The van der Waals surface area contributed by atoms with Crippen molar-refractivity contribution in [2.45, 2.75) is 45.5 Å². The number of rotatable bonds is 12. The molecule has 4 aromatic rings. The fourth-order valence-corrected chi connectivity index (χ4v) is 4.69. The van der Waals surface area contributed by atoms with Gasteiger partial charge < -0.3 is 17.8 Å². The lowest BCUT2D eigenvalue weighted by molar-refractivity contribution is -0.0500. The number of anilines is 1. The molecule has 0 fully saturated rings. The molecule has 338 valence electrons. The van der Waals surface area contributed by atoms with Gasteiger partial charge in [-0.15, -0.1) is 0 Å².